The molecule has 1 aliphatic carbocycles. The molecule has 0 aromatic carbocycles. The zero-order valence-corrected chi connectivity index (χ0v) is 13.2. The third-order valence-electron chi connectivity index (χ3n) is 4.09. The molecule has 0 amide bonds. The van der Waals surface area contributed by atoms with Crippen molar-refractivity contribution in [3.05, 3.63) is 22.4 Å². The van der Waals surface area contributed by atoms with Crippen molar-refractivity contribution in [3.8, 4) is 0 Å². The summed E-state index contributed by atoms with van der Waals surface area (Å²) in [6.45, 7) is 4.24. The standard InChI is InChI=1S/C16H27NO2S/c1-13-4-2-3-5-16(13)19-11-15(18)10-17-8-6-14-7-9-20-12-14/h7,9,12-13,15-18H,2-6,8,10-11H2,1H3. The number of thiophene rings is 1. The Hall–Kier alpha value is -0.420. The van der Waals surface area contributed by atoms with Gasteiger partial charge < -0.3 is 15.2 Å². The van der Waals surface area contributed by atoms with Crippen molar-refractivity contribution < 1.29 is 9.84 Å². The third kappa shape index (κ3) is 5.52. The van der Waals surface area contributed by atoms with Crippen LogP contribution in [0.15, 0.2) is 16.8 Å². The molecular formula is C16H27NO2S. The molecule has 20 heavy (non-hydrogen) atoms. The van der Waals surface area contributed by atoms with E-state index in [0.717, 1.165) is 19.4 Å². The summed E-state index contributed by atoms with van der Waals surface area (Å²) in [6.07, 6.45) is 5.99. The number of rotatable bonds is 8. The topological polar surface area (TPSA) is 41.5 Å². The molecule has 1 heterocycles. The molecule has 1 saturated carbocycles. The van der Waals surface area contributed by atoms with Gasteiger partial charge in [0.1, 0.15) is 0 Å². The van der Waals surface area contributed by atoms with E-state index < -0.39 is 6.10 Å². The fourth-order valence-electron chi connectivity index (χ4n) is 2.76. The first-order valence-corrected chi connectivity index (χ1v) is 8.71. The highest BCUT2D eigenvalue weighted by Crippen LogP contribution is 2.26. The van der Waals surface area contributed by atoms with Crippen molar-refractivity contribution in [1.82, 2.24) is 5.32 Å². The van der Waals surface area contributed by atoms with Crippen LogP contribution in [0.3, 0.4) is 0 Å². The van der Waals surface area contributed by atoms with Crippen LogP contribution < -0.4 is 5.32 Å². The highest BCUT2D eigenvalue weighted by atomic mass is 32.1. The average Bonchev–Trinajstić information content (AvgIpc) is 2.96. The molecule has 0 radical (unpaired) electrons. The minimum atomic E-state index is -0.397. The lowest BCUT2D eigenvalue weighted by atomic mass is 9.88. The van der Waals surface area contributed by atoms with Gasteiger partial charge in [0.2, 0.25) is 0 Å². The first kappa shape index (κ1) is 16.0. The Bertz CT molecular complexity index is 355. The summed E-state index contributed by atoms with van der Waals surface area (Å²) in [6, 6.07) is 2.15. The van der Waals surface area contributed by atoms with Crippen molar-refractivity contribution in [2.75, 3.05) is 19.7 Å². The second kappa shape index (κ2) is 8.78. The van der Waals surface area contributed by atoms with Crippen LogP contribution >= 0.6 is 11.3 Å². The number of ether oxygens (including phenoxy) is 1. The number of hydrogen-bond acceptors (Lipinski definition) is 4. The molecule has 0 spiro atoms. The van der Waals surface area contributed by atoms with Gasteiger partial charge in [-0.15, -0.1) is 0 Å². The van der Waals surface area contributed by atoms with Crippen LogP contribution in [0.4, 0.5) is 0 Å². The minimum Gasteiger partial charge on any atom is -0.389 e. The Balaban J connectivity index is 1.52. The molecule has 2 rings (SSSR count). The van der Waals surface area contributed by atoms with E-state index in [0.29, 0.717) is 25.2 Å². The highest BCUT2D eigenvalue weighted by Gasteiger charge is 2.22. The van der Waals surface area contributed by atoms with Crippen LogP contribution in [0, 0.1) is 5.92 Å². The Labute approximate surface area is 126 Å². The fraction of sp³-hybridized carbons (Fsp3) is 0.750. The van der Waals surface area contributed by atoms with Crippen molar-refractivity contribution in [2.24, 2.45) is 5.92 Å². The van der Waals surface area contributed by atoms with Gasteiger partial charge in [0.15, 0.2) is 0 Å². The average molecular weight is 297 g/mol. The summed E-state index contributed by atoms with van der Waals surface area (Å²) < 4.78 is 5.87. The molecule has 3 unspecified atom stereocenters. The van der Waals surface area contributed by atoms with Crippen molar-refractivity contribution in [3.63, 3.8) is 0 Å². The Kier molecular flexibility index (Phi) is 7.00. The molecule has 0 bridgehead atoms. The first-order chi connectivity index (χ1) is 9.75. The van der Waals surface area contributed by atoms with E-state index in [4.69, 9.17) is 4.74 Å². The SMILES string of the molecule is CC1CCCCC1OCC(O)CNCCc1ccsc1. The quantitative estimate of drug-likeness (QED) is 0.725. The van der Waals surface area contributed by atoms with Crippen molar-refractivity contribution in [1.29, 1.82) is 0 Å². The van der Waals surface area contributed by atoms with Crippen LogP contribution in [-0.4, -0.2) is 37.0 Å². The molecule has 3 nitrogen and oxygen atoms in total. The van der Waals surface area contributed by atoms with Gasteiger partial charge in [-0.1, -0.05) is 19.8 Å². The maximum absolute atomic E-state index is 9.94. The van der Waals surface area contributed by atoms with Crippen molar-refractivity contribution >= 4 is 11.3 Å². The predicted octanol–water partition coefficient (Wildman–Crippen LogP) is 2.84. The molecule has 0 aliphatic heterocycles. The van der Waals surface area contributed by atoms with Gasteiger partial charge in [-0.2, -0.15) is 11.3 Å². The first-order valence-electron chi connectivity index (χ1n) is 7.77. The van der Waals surface area contributed by atoms with Gasteiger partial charge in [0.25, 0.3) is 0 Å². The summed E-state index contributed by atoms with van der Waals surface area (Å²) in [5, 5.41) is 17.5. The molecule has 1 fully saturated rings. The van der Waals surface area contributed by atoms with E-state index in [9.17, 15) is 5.11 Å². The second-order valence-corrected chi connectivity index (χ2v) is 6.65. The lowest BCUT2D eigenvalue weighted by Crippen LogP contribution is -2.35. The summed E-state index contributed by atoms with van der Waals surface area (Å²) in [7, 11) is 0. The number of aliphatic hydroxyl groups excluding tert-OH is 1. The van der Waals surface area contributed by atoms with Crippen LogP contribution in [0.1, 0.15) is 38.2 Å². The zero-order chi connectivity index (χ0) is 14.2. The largest absolute Gasteiger partial charge is 0.389 e. The highest BCUT2D eigenvalue weighted by molar-refractivity contribution is 7.07. The Morgan fingerprint density at radius 2 is 2.30 bits per heavy atom. The second-order valence-electron chi connectivity index (χ2n) is 5.87. The van der Waals surface area contributed by atoms with Gasteiger partial charge in [-0.3, -0.25) is 0 Å². The minimum absolute atomic E-state index is 0.351. The summed E-state index contributed by atoms with van der Waals surface area (Å²) >= 11 is 1.73. The van der Waals surface area contributed by atoms with Gasteiger partial charge in [0, 0.05) is 6.54 Å². The molecule has 4 heteroatoms. The normalized spacial score (nSPS) is 24.7. The van der Waals surface area contributed by atoms with Crippen LogP contribution in [-0.2, 0) is 11.2 Å². The van der Waals surface area contributed by atoms with E-state index in [1.54, 1.807) is 11.3 Å². The van der Waals surface area contributed by atoms with Crippen LogP contribution in [0.25, 0.3) is 0 Å². The summed E-state index contributed by atoms with van der Waals surface area (Å²) in [5.41, 5.74) is 1.37. The van der Waals surface area contributed by atoms with Crippen LogP contribution in [0.2, 0.25) is 0 Å². The lowest BCUT2D eigenvalue weighted by Gasteiger charge is -2.29. The molecule has 114 valence electrons. The Morgan fingerprint density at radius 3 is 3.05 bits per heavy atom. The van der Waals surface area contributed by atoms with E-state index in [-0.39, 0.29) is 0 Å². The number of aliphatic hydroxyl groups is 1. The van der Waals surface area contributed by atoms with Gasteiger partial charge in [0.05, 0.1) is 18.8 Å². The molecule has 0 saturated heterocycles. The molecule has 1 aliphatic rings. The molecule has 3 atom stereocenters. The Morgan fingerprint density at radius 1 is 1.45 bits per heavy atom. The van der Waals surface area contributed by atoms with Crippen molar-refractivity contribution in [2.45, 2.75) is 51.2 Å². The van der Waals surface area contributed by atoms with E-state index in [1.807, 2.05) is 0 Å². The molecule has 1 aromatic rings. The summed E-state index contributed by atoms with van der Waals surface area (Å²) in [4.78, 5) is 0. The number of nitrogens with one attached hydrogen (secondary N) is 1. The molecular weight excluding hydrogens is 270 g/mol. The van der Waals surface area contributed by atoms with E-state index >= 15 is 0 Å². The maximum atomic E-state index is 9.94. The van der Waals surface area contributed by atoms with E-state index in [1.165, 1.54) is 24.8 Å². The monoisotopic (exact) mass is 297 g/mol. The summed E-state index contributed by atoms with van der Waals surface area (Å²) in [5.74, 6) is 0.641. The van der Waals surface area contributed by atoms with Crippen LogP contribution in [0.5, 0.6) is 0 Å². The lowest BCUT2D eigenvalue weighted by molar-refractivity contribution is -0.0450. The molecule has 1 aromatic heterocycles. The smallest absolute Gasteiger partial charge is 0.0897 e. The number of hydrogen-bond donors (Lipinski definition) is 2. The van der Waals surface area contributed by atoms with Gasteiger partial charge in [-0.25, -0.2) is 0 Å². The third-order valence-corrected chi connectivity index (χ3v) is 4.82. The fourth-order valence-corrected chi connectivity index (χ4v) is 3.46. The molecule has 2 N–H and O–H groups in total. The van der Waals surface area contributed by atoms with E-state index in [2.05, 4.69) is 29.1 Å². The van der Waals surface area contributed by atoms with Gasteiger partial charge >= 0.3 is 0 Å². The maximum Gasteiger partial charge on any atom is 0.0897 e. The zero-order valence-electron chi connectivity index (χ0n) is 12.4. The predicted molar refractivity (Wildman–Crippen MR) is 84.3 cm³/mol. The van der Waals surface area contributed by atoms with Gasteiger partial charge in [-0.05, 0) is 54.1 Å².